The van der Waals surface area contributed by atoms with E-state index in [1.165, 1.54) is 35.7 Å². The maximum absolute atomic E-state index is 12.8. The number of benzene rings is 3. The van der Waals surface area contributed by atoms with Crippen molar-refractivity contribution in [2.45, 2.75) is 101 Å². The third-order valence-electron chi connectivity index (χ3n) is 6.46. The van der Waals surface area contributed by atoms with Crippen LogP contribution in [0.25, 0.3) is 0 Å². The Morgan fingerprint density at radius 1 is 0.854 bits per heavy atom. The van der Waals surface area contributed by atoms with E-state index in [-0.39, 0.29) is 23.9 Å². The van der Waals surface area contributed by atoms with Crippen LogP contribution in [0, 0.1) is 31.4 Å². The van der Waals surface area contributed by atoms with Crippen molar-refractivity contribution in [2.75, 3.05) is 6.61 Å². The van der Waals surface area contributed by atoms with E-state index in [1.807, 2.05) is 40.7 Å². The number of halogens is 2. The zero-order valence-corrected chi connectivity index (χ0v) is 26.5. The second-order valence-electron chi connectivity index (χ2n) is 9.69. The molecule has 1 N–H and O–H groups in total. The normalized spacial score (nSPS) is 10.6. The van der Waals surface area contributed by atoms with Crippen molar-refractivity contribution < 1.29 is 23.4 Å². The molecule has 0 aromatic heterocycles. The molecule has 0 saturated heterocycles. The number of ketones is 1. The van der Waals surface area contributed by atoms with E-state index >= 15 is 0 Å². The average molecular weight is 571 g/mol. The zero-order valence-electron chi connectivity index (χ0n) is 26.5. The van der Waals surface area contributed by atoms with Gasteiger partial charge in [-0.15, -0.1) is 0 Å². The predicted molar refractivity (Wildman–Crippen MR) is 169 cm³/mol. The minimum Gasteiger partial charge on any atom is -0.489 e. The molecule has 0 aliphatic heterocycles. The number of carbonyl (C=O) groups excluding carboxylic acids is 1. The van der Waals surface area contributed by atoms with Gasteiger partial charge in [-0.3, -0.25) is 4.79 Å². The predicted octanol–water partition coefficient (Wildman–Crippen LogP) is 9.76. The molecular weight excluding hydrogens is 518 g/mol. The molecule has 1 unspecified atom stereocenters. The molecule has 0 spiro atoms. The van der Waals surface area contributed by atoms with E-state index in [0.717, 1.165) is 37.9 Å². The Morgan fingerprint density at radius 3 is 2.00 bits per heavy atom. The summed E-state index contributed by atoms with van der Waals surface area (Å²) in [7, 11) is 0. The molecule has 0 aliphatic carbocycles. The van der Waals surface area contributed by atoms with Crippen LogP contribution in [0.2, 0.25) is 0 Å². The smallest absolute Gasteiger partial charge is 0.161 e. The van der Waals surface area contributed by atoms with E-state index < -0.39 is 11.6 Å². The van der Waals surface area contributed by atoms with Gasteiger partial charge < -0.3 is 9.84 Å². The highest BCUT2D eigenvalue weighted by molar-refractivity contribution is 5.81. The number of hydrogen-bond donors (Lipinski definition) is 1. The van der Waals surface area contributed by atoms with Gasteiger partial charge in [-0.2, -0.15) is 0 Å². The van der Waals surface area contributed by atoms with Crippen molar-refractivity contribution >= 4 is 5.78 Å². The van der Waals surface area contributed by atoms with Gasteiger partial charge in [0.1, 0.15) is 30.6 Å². The van der Waals surface area contributed by atoms with Crippen LogP contribution >= 0.6 is 0 Å². The Morgan fingerprint density at radius 2 is 1.49 bits per heavy atom. The van der Waals surface area contributed by atoms with Gasteiger partial charge in [-0.05, 0) is 74.4 Å². The van der Waals surface area contributed by atoms with Crippen molar-refractivity contribution in [1.82, 2.24) is 0 Å². The first-order valence-electron chi connectivity index (χ1n) is 15.0. The third kappa shape index (κ3) is 14.9. The Balaban J connectivity index is 0.000000603. The molecule has 0 fully saturated rings. The van der Waals surface area contributed by atoms with Crippen molar-refractivity contribution in [1.29, 1.82) is 0 Å². The van der Waals surface area contributed by atoms with Crippen LogP contribution in [0.15, 0.2) is 60.7 Å². The lowest BCUT2D eigenvalue weighted by Crippen LogP contribution is -2.16. The third-order valence-corrected chi connectivity index (χ3v) is 6.46. The summed E-state index contributed by atoms with van der Waals surface area (Å²) in [6.07, 6.45) is 5.66. The number of rotatable bonds is 11. The van der Waals surface area contributed by atoms with Crippen LogP contribution in [0.1, 0.15) is 95.0 Å². The molecule has 3 aromatic carbocycles. The van der Waals surface area contributed by atoms with Gasteiger partial charge in [0.25, 0.3) is 0 Å². The number of Topliss-reactive ketones (excluding diaryl/α,β-unsaturated/α-hetero) is 1. The highest BCUT2D eigenvalue weighted by Crippen LogP contribution is 2.21. The average Bonchev–Trinajstić information content (AvgIpc) is 2.99. The fourth-order valence-electron chi connectivity index (χ4n) is 4.06. The second kappa shape index (κ2) is 22.6. The van der Waals surface area contributed by atoms with Gasteiger partial charge in [-0.25, -0.2) is 8.78 Å². The monoisotopic (exact) mass is 570 g/mol. The number of aryl methyl sites for hydroxylation is 3. The number of para-hydroxylation sites is 1. The summed E-state index contributed by atoms with van der Waals surface area (Å²) in [5.41, 5.74) is 4.60. The molecule has 3 aromatic rings. The number of ether oxygens (including phenoxy) is 1. The van der Waals surface area contributed by atoms with Crippen molar-refractivity contribution in [2.24, 2.45) is 5.92 Å². The second-order valence-corrected chi connectivity index (χ2v) is 9.69. The fraction of sp³-hybridized carbons (Fsp3) is 0.472. The lowest BCUT2D eigenvalue weighted by Gasteiger charge is -2.11. The largest absolute Gasteiger partial charge is 0.489 e. The first-order valence-corrected chi connectivity index (χ1v) is 15.0. The maximum atomic E-state index is 12.8. The maximum Gasteiger partial charge on any atom is 0.161 e. The van der Waals surface area contributed by atoms with Crippen molar-refractivity contribution in [3.63, 3.8) is 0 Å². The fourth-order valence-corrected chi connectivity index (χ4v) is 4.06. The van der Waals surface area contributed by atoms with Gasteiger partial charge in [0.2, 0.25) is 0 Å². The highest BCUT2D eigenvalue weighted by Gasteiger charge is 2.13. The van der Waals surface area contributed by atoms with Crippen LogP contribution < -0.4 is 4.74 Å². The summed E-state index contributed by atoms with van der Waals surface area (Å²) >= 11 is 0. The van der Waals surface area contributed by atoms with E-state index in [1.54, 1.807) is 0 Å². The highest BCUT2D eigenvalue weighted by atomic mass is 19.1. The standard InChI is InChI=1S/C17H20O.C9H10F2.C8H16O2.C2H6/c1-3-7-16-10-4-5-11-17(16)18-13-15-9-6-8-14(2)12-15;1-3-7-4-8(10)6(2)9(11)5-7;1-3-5-7(4-2)8(10)6-9;1-2/h4-6,8-12H,3,7,13H2,1-2H3;4-5H,3H2,1-2H3;7,9H,3-6H2,1-2H3;1-2H3. The minimum atomic E-state index is -0.457. The van der Waals surface area contributed by atoms with Crippen LogP contribution in [0.4, 0.5) is 8.78 Å². The Hall–Kier alpha value is -3.05. The SMILES string of the molecule is CC.CCCC(CC)C(=O)CO.CCCc1ccccc1OCc1cccc(C)c1.CCc1cc(F)c(C)c(F)c1. The van der Waals surface area contributed by atoms with Crippen LogP contribution in [-0.2, 0) is 24.2 Å². The van der Waals surface area contributed by atoms with E-state index in [2.05, 4.69) is 56.3 Å². The Kier molecular flexibility index (Phi) is 20.9. The van der Waals surface area contributed by atoms with Gasteiger partial charge in [-0.1, -0.05) is 102 Å². The van der Waals surface area contributed by atoms with E-state index in [9.17, 15) is 13.6 Å². The molecule has 0 radical (unpaired) electrons. The molecule has 3 rings (SSSR count). The van der Waals surface area contributed by atoms with Crippen molar-refractivity contribution in [3.8, 4) is 5.75 Å². The topological polar surface area (TPSA) is 46.5 Å². The summed E-state index contributed by atoms with van der Waals surface area (Å²) in [5, 5.41) is 8.51. The van der Waals surface area contributed by atoms with Crippen molar-refractivity contribution in [3.05, 3.63) is 100 Å². The number of carbonyl (C=O) groups is 1. The summed E-state index contributed by atoms with van der Waals surface area (Å²) in [6, 6.07) is 19.5. The molecule has 5 heteroatoms. The molecule has 3 nitrogen and oxygen atoms in total. The van der Waals surface area contributed by atoms with Crippen LogP contribution in [-0.4, -0.2) is 17.5 Å². The number of aliphatic hydroxyl groups excluding tert-OH is 1. The minimum absolute atomic E-state index is 0.00986. The number of aliphatic hydroxyl groups is 1. The molecule has 0 saturated carbocycles. The first-order chi connectivity index (χ1) is 19.7. The van der Waals surface area contributed by atoms with Gasteiger partial charge in [0.05, 0.1) is 0 Å². The lowest BCUT2D eigenvalue weighted by atomic mass is 9.96. The summed E-state index contributed by atoms with van der Waals surface area (Å²) in [4.78, 5) is 10.9. The molecule has 0 amide bonds. The number of hydrogen-bond acceptors (Lipinski definition) is 3. The molecular formula is C36H52F2O3. The quantitative estimate of drug-likeness (QED) is 0.250. The summed E-state index contributed by atoms with van der Waals surface area (Å²) < 4.78 is 31.5. The summed E-state index contributed by atoms with van der Waals surface area (Å²) in [6.45, 7) is 16.0. The zero-order chi connectivity index (χ0) is 31.2. The molecule has 41 heavy (non-hydrogen) atoms. The van der Waals surface area contributed by atoms with E-state index in [4.69, 9.17) is 9.84 Å². The molecule has 228 valence electrons. The molecule has 0 heterocycles. The van der Waals surface area contributed by atoms with Gasteiger partial charge in [0, 0.05) is 11.5 Å². The Bertz CT molecular complexity index is 1100. The Labute approximate surface area is 248 Å². The van der Waals surface area contributed by atoms with Crippen LogP contribution in [0.5, 0.6) is 5.75 Å². The van der Waals surface area contributed by atoms with Gasteiger partial charge in [0.15, 0.2) is 5.78 Å². The lowest BCUT2D eigenvalue weighted by molar-refractivity contribution is -0.125. The molecule has 0 aliphatic rings. The van der Waals surface area contributed by atoms with E-state index in [0.29, 0.717) is 18.6 Å². The van der Waals surface area contributed by atoms with Gasteiger partial charge >= 0.3 is 0 Å². The molecule has 0 bridgehead atoms. The first kappa shape index (κ1) is 38.0. The van der Waals surface area contributed by atoms with Crippen LogP contribution in [0.3, 0.4) is 0 Å². The molecule has 1 atom stereocenters. The summed E-state index contributed by atoms with van der Waals surface area (Å²) in [5.74, 6) is 0.184.